The summed E-state index contributed by atoms with van der Waals surface area (Å²) in [4.78, 5) is 0. The molecule has 0 heterocycles. The molecule has 0 aliphatic heterocycles. The predicted molar refractivity (Wildman–Crippen MR) is 40.3 cm³/mol. The zero-order valence-corrected chi connectivity index (χ0v) is 5.93. The van der Waals surface area contributed by atoms with E-state index in [2.05, 4.69) is 12.7 Å². The molecule has 0 aliphatic rings. The molecule has 1 nitrogen and oxygen atoms in total. The van der Waals surface area contributed by atoms with Gasteiger partial charge in [0.1, 0.15) is 0 Å². The summed E-state index contributed by atoms with van der Waals surface area (Å²) >= 11 is 0. The van der Waals surface area contributed by atoms with Crippen molar-refractivity contribution in [2.75, 3.05) is 6.61 Å². The lowest BCUT2D eigenvalue weighted by Gasteiger charge is -1.90. The van der Waals surface area contributed by atoms with Crippen molar-refractivity contribution >= 4 is 0 Å². The summed E-state index contributed by atoms with van der Waals surface area (Å²) in [6, 6.07) is 0. The quantitative estimate of drug-likeness (QED) is 0.450. The van der Waals surface area contributed by atoms with Gasteiger partial charge in [0.2, 0.25) is 0 Å². The number of hydrogen-bond acceptors (Lipinski definition) is 1. The largest absolute Gasteiger partial charge is 0.396 e. The van der Waals surface area contributed by atoms with Gasteiger partial charge in [-0.3, -0.25) is 0 Å². The fourth-order valence-corrected chi connectivity index (χ4v) is 0.504. The molecular weight excluding hydrogens is 112 g/mol. The molecule has 1 heteroatoms. The summed E-state index contributed by atoms with van der Waals surface area (Å²) < 4.78 is 0. The summed E-state index contributed by atoms with van der Waals surface area (Å²) in [5.41, 5.74) is 1.18. The van der Waals surface area contributed by atoms with Crippen molar-refractivity contribution < 1.29 is 5.11 Å². The van der Waals surface area contributed by atoms with Gasteiger partial charge in [-0.05, 0) is 19.8 Å². The molecular formula is C8H14O. The van der Waals surface area contributed by atoms with Gasteiger partial charge >= 0.3 is 0 Å². The molecule has 0 saturated heterocycles. The molecule has 0 aromatic heterocycles. The molecule has 0 bridgehead atoms. The second-order valence-electron chi connectivity index (χ2n) is 2.02. The Hall–Kier alpha value is -0.560. The van der Waals surface area contributed by atoms with Crippen LogP contribution in [0.4, 0.5) is 0 Å². The number of unbranched alkanes of at least 4 members (excludes halogenated alkanes) is 1. The average Bonchev–Trinajstić information content (AvgIpc) is 1.89. The third-order valence-electron chi connectivity index (χ3n) is 1.15. The maximum atomic E-state index is 8.40. The van der Waals surface area contributed by atoms with Gasteiger partial charge in [-0.2, -0.15) is 0 Å². The lowest BCUT2D eigenvalue weighted by molar-refractivity contribution is 0.289. The van der Waals surface area contributed by atoms with Gasteiger partial charge in [0.15, 0.2) is 0 Å². The van der Waals surface area contributed by atoms with E-state index in [1.54, 1.807) is 0 Å². The van der Waals surface area contributed by atoms with Crippen LogP contribution in [0.15, 0.2) is 24.3 Å². The number of aliphatic hydroxyl groups excluding tert-OH is 1. The highest BCUT2D eigenvalue weighted by Crippen LogP contribution is 1.97. The standard InChI is InChI=1S/C8H14O/c1-3-8(2)6-4-5-7-9/h3,6,9H,1,4-5,7H2,2H3/b8-6-. The molecule has 0 amide bonds. The van der Waals surface area contributed by atoms with E-state index in [9.17, 15) is 0 Å². The van der Waals surface area contributed by atoms with Gasteiger partial charge in [-0.15, -0.1) is 0 Å². The van der Waals surface area contributed by atoms with Crippen LogP contribution < -0.4 is 0 Å². The lowest BCUT2D eigenvalue weighted by atomic mass is 10.2. The van der Waals surface area contributed by atoms with Crippen molar-refractivity contribution in [1.82, 2.24) is 0 Å². The molecule has 9 heavy (non-hydrogen) atoms. The zero-order chi connectivity index (χ0) is 7.11. The fraction of sp³-hybridized carbons (Fsp3) is 0.500. The van der Waals surface area contributed by atoms with Gasteiger partial charge < -0.3 is 5.11 Å². The van der Waals surface area contributed by atoms with Crippen LogP contribution in [0.25, 0.3) is 0 Å². The maximum Gasteiger partial charge on any atom is 0.0433 e. The minimum Gasteiger partial charge on any atom is -0.396 e. The highest BCUT2D eigenvalue weighted by atomic mass is 16.2. The molecule has 0 atom stereocenters. The Morgan fingerprint density at radius 2 is 2.33 bits per heavy atom. The van der Waals surface area contributed by atoms with Crippen LogP contribution in [0.5, 0.6) is 0 Å². The lowest BCUT2D eigenvalue weighted by Crippen LogP contribution is -1.79. The molecule has 1 N–H and O–H groups in total. The normalized spacial score (nSPS) is 11.6. The van der Waals surface area contributed by atoms with Gasteiger partial charge in [-0.1, -0.05) is 24.3 Å². The molecule has 0 aromatic carbocycles. The summed E-state index contributed by atoms with van der Waals surface area (Å²) in [5.74, 6) is 0. The highest BCUT2D eigenvalue weighted by Gasteiger charge is 1.80. The van der Waals surface area contributed by atoms with E-state index in [1.807, 2.05) is 13.0 Å². The first-order valence-corrected chi connectivity index (χ1v) is 3.21. The van der Waals surface area contributed by atoms with E-state index in [4.69, 9.17) is 5.11 Å². The summed E-state index contributed by atoms with van der Waals surface area (Å²) in [6.07, 6.45) is 5.69. The van der Waals surface area contributed by atoms with E-state index >= 15 is 0 Å². The minimum absolute atomic E-state index is 0.279. The predicted octanol–water partition coefficient (Wildman–Crippen LogP) is 1.89. The van der Waals surface area contributed by atoms with Gasteiger partial charge in [-0.25, -0.2) is 0 Å². The number of aliphatic hydroxyl groups is 1. The van der Waals surface area contributed by atoms with Crippen molar-refractivity contribution in [3.8, 4) is 0 Å². The van der Waals surface area contributed by atoms with Crippen molar-refractivity contribution in [2.24, 2.45) is 0 Å². The van der Waals surface area contributed by atoms with Gasteiger partial charge in [0, 0.05) is 6.61 Å². The van der Waals surface area contributed by atoms with Gasteiger partial charge in [0.05, 0.1) is 0 Å². The van der Waals surface area contributed by atoms with Crippen molar-refractivity contribution in [1.29, 1.82) is 0 Å². The van der Waals surface area contributed by atoms with E-state index < -0.39 is 0 Å². The molecule has 0 unspecified atom stereocenters. The van der Waals surface area contributed by atoms with Gasteiger partial charge in [0.25, 0.3) is 0 Å². The second-order valence-corrected chi connectivity index (χ2v) is 2.02. The van der Waals surface area contributed by atoms with Crippen LogP contribution in [0, 0.1) is 0 Å². The van der Waals surface area contributed by atoms with Crippen molar-refractivity contribution in [3.05, 3.63) is 24.3 Å². The number of rotatable bonds is 4. The molecule has 0 fully saturated rings. The zero-order valence-electron chi connectivity index (χ0n) is 5.93. The van der Waals surface area contributed by atoms with E-state index in [1.165, 1.54) is 5.57 Å². The molecule has 0 saturated carbocycles. The van der Waals surface area contributed by atoms with Crippen LogP contribution in [0.2, 0.25) is 0 Å². The minimum atomic E-state index is 0.279. The number of hydrogen-bond donors (Lipinski definition) is 1. The summed E-state index contributed by atoms with van der Waals surface area (Å²) in [5, 5.41) is 8.40. The third kappa shape index (κ3) is 5.31. The Bertz CT molecular complexity index is 103. The van der Waals surface area contributed by atoms with Crippen molar-refractivity contribution in [2.45, 2.75) is 19.8 Å². The molecule has 0 spiro atoms. The maximum absolute atomic E-state index is 8.40. The monoisotopic (exact) mass is 126 g/mol. The second kappa shape index (κ2) is 5.57. The average molecular weight is 126 g/mol. The summed E-state index contributed by atoms with van der Waals surface area (Å²) in [6.45, 7) is 5.89. The molecule has 0 rings (SSSR count). The first-order chi connectivity index (χ1) is 4.31. The fourth-order valence-electron chi connectivity index (χ4n) is 0.504. The van der Waals surface area contributed by atoms with Crippen LogP contribution in [0.3, 0.4) is 0 Å². The highest BCUT2D eigenvalue weighted by molar-refractivity contribution is 5.12. The van der Waals surface area contributed by atoms with E-state index in [-0.39, 0.29) is 6.61 Å². The van der Waals surface area contributed by atoms with Crippen LogP contribution in [-0.4, -0.2) is 11.7 Å². The van der Waals surface area contributed by atoms with Crippen LogP contribution in [-0.2, 0) is 0 Å². The van der Waals surface area contributed by atoms with Crippen LogP contribution >= 0.6 is 0 Å². The first-order valence-electron chi connectivity index (χ1n) is 3.21. The Balaban J connectivity index is 3.31. The van der Waals surface area contributed by atoms with E-state index in [0.717, 1.165) is 12.8 Å². The third-order valence-corrected chi connectivity index (χ3v) is 1.15. The van der Waals surface area contributed by atoms with Crippen LogP contribution in [0.1, 0.15) is 19.8 Å². The van der Waals surface area contributed by atoms with Crippen molar-refractivity contribution in [3.63, 3.8) is 0 Å². The smallest absolute Gasteiger partial charge is 0.0433 e. The summed E-state index contributed by atoms with van der Waals surface area (Å²) in [7, 11) is 0. The molecule has 0 aliphatic carbocycles. The topological polar surface area (TPSA) is 20.2 Å². The van der Waals surface area contributed by atoms with E-state index in [0.29, 0.717) is 0 Å². The Morgan fingerprint density at radius 1 is 1.67 bits per heavy atom. The molecule has 52 valence electrons. The Morgan fingerprint density at radius 3 is 2.78 bits per heavy atom. The first kappa shape index (κ1) is 8.44. The Labute approximate surface area is 56.7 Å². The Kier molecular flexibility index (Phi) is 5.23. The SMILES string of the molecule is C=C/C(C)=C\CCCO. The molecule has 0 radical (unpaired) electrons. The number of allylic oxidation sites excluding steroid dienone is 3. The molecule has 0 aromatic rings.